The third-order valence-corrected chi connectivity index (χ3v) is 8.21. The molecule has 8 heteroatoms. The lowest BCUT2D eigenvalue weighted by Crippen LogP contribution is -2.04. The predicted molar refractivity (Wildman–Crippen MR) is 105 cm³/mol. The standard InChI is InChI=1S/C18H15ClFNO2S3/c1-2-11-24-18-17(26(22,23)15-9-5-13(19)6-10-15)16(21-25-18)12-3-7-14(20)8-4-12/h3-10H,2,11H2,1H3. The van der Waals surface area contributed by atoms with Crippen molar-refractivity contribution in [1.82, 2.24) is 4.37 Å². The van der Waals surface area contributed by atoms with Crippen molar-refractivity contribution < 1.29 is 12.8 Å². The molecule has 2 aromatic carbocycles. The molecular weight excluding hydrogens is 413 g/mol. The van der Waals surface area contributed by atoms with E-state index >= 15 is 0 Å². The molecule has 0 fully saturated rings. The van der Waals surface area contributed by atoms with E-state index in [9.17, 15) is 12.8 Å². The van der Waals surface area contributed by atoms with Crippen LogP contribution in [0, 0.1) is 5.82 Å². The summed E-state index contributed by atoms with van der Waals surface area (Å²) in [6.07, 6.45) is 0.912. The summed E-state index contributed by atoms with van der Waals surface area (Å²) in [6.45, 7) is 2.03. The lowest BCUT2D eigenvalue weighted by Gasteiger charge is -2.08. The molecule has 136 valence electrons. The molecule has 1 heterocycles. The summed E-state index contributed by atoms with van der Waals surface area (Å²) in [5, 5.41) is 0.465. The third-order valence-electron chi connectivity index (χ3n) is 3.57. The summed E-state index contributed by atoms with van der Waals surface area (Å²) < 4.78 is 44.8. The largest absolute Gasteiger partial charge is 0.218 e. The van der Waals surface area contributed by atoms with Crippen LogP contribution in [-0.2, 0) is 9.84 Å². The minimum Gasteiger partial charge on any atom is -0.218 e. The van der Waals surface area contributed by atoms with Crippen molar-refractivity contribution in [2.75, 3.05) is 5.75 Å². The van der Waals surface area contributed by atoms with Crippen LogP contribution in [0.5, 0.6) is 0 Å². The maximum Gasteiger partial charge on any atom is 0.210 e. The molecule has 0 aliphatic carbocycles. The Morgan fingerprint density at radius 3 is 2.38 bits per heavy atom. The number of rotatable bonds is 6. The van der Waals surface area contributed by atoms with Crippen molar-refractivity contribution >= 4 is 44.7 Å². The highest BCUT2D eigenvalue weighted by molar-refractivity contribution is 8.02. The van der Waals surface area contributed by atoms with Crippen LogP contribution in [-0.4, -0.2) is 18.5 Å². The Morgan fingerprint density at radius 1 is 1.12 bits per heavy atom. The maximum atomic E-state index is 13.3. The fraction of sp³-hybridized carbons (Fsp3) is 0.167. The van der Waals surface area contributed by atoms with Crippen molar-refractivity contribution in [3.05, 3.63) is 59.4 Å². The first-order valence-electron chi connectivity index (χ1n) is 7.82. The Hall–Kier alpha value is -1.41. The average Bonchev–Trinajstić information content (AvgIpc) is 3.05. The molecule has 0 N–H and O–H groups in total. The van der Waals surface area contributed by atoms with Crippen LogP contribution in [0.4, 0.5) is 4.39 Å². The van der Waals surface area contributed by atoms with Gasteiger partial charge in [0.25, 0.3) is 0 Å². The Balaban J connectivity index is 2.17. The SMILES string of the molecule is CCCSc1snc(-c2ccc(F)cc2)c1S(=O)(=O)c1ccc(Cl)cc1. The second-order valence-corrected chi connectivity index (χ2v) is 9.92. The normalized spacial score (nSPS) is 11.7. The van der Waals surface area contributed by atoms with Gasteiger partial charge < -0.3 is 0 Å². The van der Waals surface area contributed by atoms with Gasteiger partial charge in [0, 0.05) is 10.6 Å². The second-order valence-electron chi connectivity index (χ2n) is 5.46. The molecule has 0 saturated heterocycles. The van der Waals surface area contributed by atoms with E-state index in [4.69, 9.17) is 11.6 Å². The van der Waals surface area contributed by atoms with Crippen molar-refractivity contribution in [1.29, 1.82) is 0 Å². The Bertz CT molecular complexity index is 1000. The van der Waals surface area contributed by atoms with Gasteiger partial charge in [0.1, 0.15) is 20.6 Å². The van der Waals surface area contributed by atoms with E-state index in [0.717, 1.165) is 23.7 Å². The zero-order valence-electron chi connectivity index (χ0n) is 13.8. The summed E-state index contributed by atoms with van der Waals surface area (Å²) in [7, 11) is -3.79. The molecule has 0 radical (unpaired) electrons. The van der Waals surface area contributed by atoms with E-state index in [1.54, 1.807) is 24.3 Å². The van der Waals surface area contributed by atoms with E-state index < -0.39 is 9.84 Å². The molecule has 3 rings (SSSR count). The predicted octanol–water partition coefficient (Wildman–Crippen LogP) is 5.94. The first-order valence-corrected chi connectivity index (χ1v) is 11.4. The van der Waals surface area contributed by atoms with Gasteiger partial charge in [0.15, 0.2) is 0 Å². The molecule has 3 nitrogen and oxygen atoms in total. The zero-order chi connectivity index (χ0) is 18.7. The smallest absolute Gasteiger partial charge is 0.210 e. The maximum absolute atomic E-state index is 13.3. The van der Waals surface area contributed by atoms with Crippen molar-refractivity contribution in [2.24, 2.45) is 0 Å². The van der Waals surface area contributed by atoms with Gasteiger partial charge >= 0.3 is 0 Å². The van der Waals surface area contributed by atoms with Gasteiger partial charge in [-0.25, -0.2) is 12.8 Å². The fourth-order valence-electron chi connectivity index (χ4n) is 2.31. The second kappa shape index (κ2) is 8.08. The molecule has 0 aliphatic heterocycles. The number of thioether (sulfide) groups is 1. The van der Waals surface area contributed by atoms with Crippen LogP contribution in [0.2, 0.25) is 5.02 Å². The number of sulfone groups is 1. The topological polar surface area (TPSA) is 47.0 Å². The van der Waals surface area contributed by atoms with Crippen molar-refractivity contribution in [3.63, 3.8) is 0 Å². The summed E-state index contributed by atoms with van der Waals surface area (Å²) in [5.74, 6) is 0.403. The highest BCUT2D eigenvalue weighted by atomic mass is 35.5. The fourth-order valence-corrected chi connectivity index (χ4v) is 6.55. The van der Waals surface area contributed by atoms with Crippen LogP contribution >= 0.6 is 34.9 Å². The van der Waals surface area contributed by atoms with Gasteiger partial charge in [0.05, 0.1) is 4.90 Å². The van der Waals surface area contributed by atoms with E-state index in [1.165, 1.54) is 36.0 Å². The average molecular weight is 428 g/mol. The molecule has 0 amide bonds. The Labute approximate surface area is 165 Å². The van der Waals surface area contributed by atoms with Crippen LogP contribution in [0.1, 0.15) is 13.3 Å². The van der Waals surface area contributed by atoms with Gasteiger partial charge in [0.2, 0.25) is 9.84 Å². The Kier molecular flexibility index (Phi) is 6.02. The van der Waals surface area contributed by atoms with Gasteiger partial charge in [-0.15, -0.1) is 11.8 Å². The molecule has 26 heavy (non-hydrogen) atoms. The molecule has 0 atom stereocenters. The van der Waals surface area contributed by atoms with E-state index in [2.05, 4.69) is 4.37 Å². The molecule has 1 aromatic heterocycles. The quantitative estimate of drug-likeness (QED) is 0.457. The zero-order valence-corrected chi connectivity index (χ0v) is 17.0. The molecule has 0 saturated carbocycles. The molecule has 0 aliphatic rings. The first kappa shape index (κ1) is 19.4. The van der Waals surface area contributed by atoms with Gasteiger partial charge in [-0.1, -0.05) is 18.5 Å². The van der Waals surface area contributed by atoms with Crippen LogP contribution < -0.4 is 0 Å². The van der Waals surface area contributed by atoms with E-state index in [-0.39, 0.29) is 15.6 Å². The molecule has 0 unspecified atom stereocenters. The highest BCUT2D eigenvalue weighted by Crippen LogP contribution is 2.41. The lowest BCUT2D eigenvalue weighted by atomic mass is 10.1. The third kappa shape index (κ3) is 3.96. The number of nitrogens with zero attached hydrogens (tertiary/aromatic N) is 1. The van der Waals surface area contributed by atoms with E-state index in [0.29, 0.717) is 20.5 Å². The lowest BCUT2D eigenvalue weighted by molar-refractivity contribution is 0.595. The van der Waals surface area contributed by atoms with Crippen LogP contribution in [0.15, 0.2) is 62.5 Å². The summed E-state index contributed by atoms with van der Waals surface area (Å²) in [5.41, 5.74) is 0.919. The van der Waals surface area contributed by atoms with Crippen LogP contribution in [0.3, 0.4) is 0 Å². The highest BCUT2D eigenvalue weighted by Gasteiger charge is 2.29. The van der Waals surface area contributed by atoms with Gasteiger partial charge in [-0.2, -0.15) is 4.37 Å². The summed E-state index contributed by atoms with van der Waals surface area (Å²) in [4.78, 5) is 0.332. The number of hydrogen-bond acceptors (Lipinski definition) is 5. The minimum atomic E-state index is -3.79. The first-order chi connectivity index (χ1) is 12.4. The summed E-state index contributed by atoms with van der Waals surface area (Å²) in [6, 6.07) is 11.7. The number of halogens is 2. The van der Waals surface area contributed by atoms with E-state index in [1.807, 2.05) is 6.92 Å². The minimum absolute atomic E-state index is 0.156. The van der Waals surface area contributed by atoms with Crippen LogP contribution in [0.25, 0.3) is 11.3 Å². The monoisotopic (exact) mass is 427 g/mol. The Morgan fingerprint density at radius 2 is 1.77 bits per heavy atom. The number of hydrogen-bond donors (Lipinski definition) is 0. The summed E-state index contributed by atoms with van der Waals surface area (Å²) >= 11 is 8.50. The number of benzene rings is 2. The molecule has 0 bridgehead atoms. The number of aromatic nitrogens is 1. The molecule has 3 aromatic rings. The molecular formula is C18H15ClFNO2S3. The van der Waals surface area contributed by atoms with Gasteiger partial charge in [-0.05, 0) is 72.2 Å². The van der Waals surface area contributed by atoms with Crippen molar-refractivity contribution in [2.45, 2.75) is 27.3 Å². The van der Waals surface area contributed by atoms with Gasteiger partial charge in [-0.3, -0.25) is 0 Å². The van der Waals surface area contributed by atoms with Crippen molar-refractivity contribution in [3.8, 4) is 11.3 Å². The molecule has 0 spiro atoms.